The maximum atomic E-state index is 13.0. The molecular weight excluding hydrogens is 310 g/mol. The van der Waals surface area contributed by atoms with E-state index in [4.69, 9.17) is 4.74 Å². The Morgan fingerprint density at radius 3 is 2.48 bits per heavy atom. The van der Waals surface area contributed by atoms with Crippen LogP contribution in [0.2, 0.25) is 0 Å². The number of pyridine rings is 1. The molecule has 0 saturated heterocycles. The van der Waals surface area contributed by atoms with E-state index in [-0.39, 0.29) is 23.6 Å². The third-order valence-electron chi connectivity index (χ3n) is 3.75. The lowest BCUT2D eigenvalue weighted by molar-refractivity contribution is -0.141. The summed E-state index contributed by atoms with van der Waals surface area (Å²) < 4.78 is 17.7. The number of carbonyl (C=O) groups is 1. The molecule has 0 N–H and O–H groups in total. The third kappa shape index (κ3) is 4.99. The van der Waals surface area contributed by atoms with Gasteiger partial charge in [0.15, 0.2) is 0 Å². The minimum Gasteiger partial charge on any atom is -0.469 e. The van der Waals surface area contributed by atoms with Crippen LogP contribution in [0.5, 0.6) is 0 Å². The predicted octanol–water partition coefficient (Wildman–Crippen LogP) is 3.00. The van der Waals surface area contributed by atoms with Crippen molar-refractivity contribution < 1.29 is 13.7 Å². The smallest absolute Gasteiger partial charge is 0.305 e. The lowest BCUT2D eigenvalue weighted by Crippen LogP contribution is -2.29. The zero-order valence-corrected chi connectivity index (χ0v) is 14.2. The number of nitrogens with zero attached hydrogens (tertiary/aromatic N) is 1. The van der Waals surface area contributed by atoms with Crippen molar-refractivity contribution in [2.45, 2.75) is 30.0 Å². The fourth-order valence-electron chi connectivity index (χ4n) is 2.43. The molecule has 4 nitrogen and oxygen atoms in total. The van der Waals surface area contributed by atoms with Crippen LogP contribution in [0.25, 0.3) is 0 Å². The molecule has 0 aliphatic rings. The van der Waals surface area contributed by atoms with Gasteiger partial charge in [0, 0.05) is 17.9 Å². The molecule has 1 unspecified atom stereocenters. The van der Waals surface area contributed by atoms with E-state index in [0.29, 0.717) is 11.4 Å². The minimum absolute atomic E-state index is 0.0782. The molecule has 1 aromatic carbocycles. The molecule has 0 amide bonds. The number of aromatic nitrogens is 1. The molecule has 1 heterocycles. The number of ether oxygens (including phenoxy) is 1. The number of carbonyl (C=O) groups excluding carboxylic acids is 1. The largest absolute Gasteiger partial charge is 0.469 e. The second kappa shape index (κ2) is 8.58. The summed E-state index contributed by atoms with van der Waals surface area (Å²) in [5, 5.41) is 0.344. The van der Waals surface area contributed by atoms with Crippen molar-refractivity contribution in [3.8, 4) is 0 Å². The van der Waals surface area contributed by atoms with Crippen LogP contribution in [0.15, 0.2) is 59.8 Å². The summed E-state index contributed by atoms with van der Waals surface area (Å²) in [4.78, 5) is 15.8. The Hall–Kier alpha value is -2.01. The molecule has 122 valence electrons. The number of hydrogen-bond donors (Lipinski definition) is 0. The van der Waals surface area contributed by atoms with Crippen LogP contribution in [-0.4, -0.2) is 27.5 Å². The summed E-state index contributed by atoms with van der Waals surface area (Å²) in [5.41, 5.74) is 1.10. The normalized spacial score (nSPS) is 14.7. The van der Waals surface area contributed by atoms with Gasteiger partial charge in [-0.15, -0.1) is 0 Å². The van der Waals surface area contributed by atoms with Crippen molar-refractivity contribution in [1.29, 1.82) is 0 Å². The predicted molar refractivity (Wildman–Crippen MR) is 90.4 cm³/mol. The zero-order chi connectivity index (χ0) is 16.7. The first-order valence-corrected chi connectivity index (χ1v) is 8.75. The van der Waals surface area contributed by atoms with Crippen molar-refractivity contribution in [2.75, 3.05) is 7.11 Å². The second-order valence-corrected chi connectivity index (χ2v) is 7.07. The Morgan fingerprint density at radius 1 is 1.17 bits per heavy atom. The first-order chi connectivity index (χ1) is 11.1. The van der Waals surface area contributed by atoms with E-state index < -0.39 is 10.8 Å². The molecule has 0 radical (unpaired) electrons. The minimum atomic E-state index is -1.29. The van der Waals surface area contributed by atoms with Crippen molar-refractivity contribution in [3.63, 3.8) is 0 Å². The molecule has 0 spiro atoms. The lowest BCUT2D eigenvalue weighted by atomic mass is 9.97. The first kappa shape index (κ1) is 17.3. The van der Waals surface area contributed by atoms with Crippen LogP contribution in [0.1, 0.15) is 18.9 Å². The number of hydrogen-bond acceptors (Lipinski definition) is 4. The van der Waals surface area contributed by atoms with E-state index in [1.165, 1.54) is 7.11 Å². The van der Waals surface area contributed by atoms with Crippen molar-refractivity contribution in [2.24, 2.45) is 5.92 Å². The molecule has 0 fully saturated rings. The topological polar surface area (TPSA) is 56.3 Å². The number of benzene rings is 1. The van der Waals surface area contributed by atoms with Crippen LogP contribution in [-0.2, 0) is 26.8 Å². The summed E-state index contributed by atoms with van der Waals surface area (Å²) >= 11 is 0. The van der Waals surface area contributed by atoms with Crippen LogP contribution >= 0.6 is 0 Å². The zero-order valence-electron chi connectivity index (χ0n) is 13.3. The highest BCUT2D eigenvalue weighted by Gasteiger charge is 2.28. The van der Waals surface area contributed by atoms with Gasteiger partial charge in [-0.25, -0.2) is 4.98 Å². The molecule has 2 rings (SSSR count). The highest BCUT2D eigenvalue weighted by Crippen LogP contribution is 2.23. The Bertz CT molecular complexity index is 646. The number of esters is 1. The summed E-state index contributed by atoms with van der Waals surface area (Å²) in [6, 6.07) is 15.3. The SMILES string of the molecule is COC(=O)C[C@@H](C)[C@@H](Cc1ccccc1)S(=O)c1ccccn1. The summed E-state index contributed by atoms with van der Waals surface area (Å²) in [6.45, 7) is 1.94. The third-order valence-corrected chi connectivity index (χ3v) is 5.58. The Morgan fingerprint density at radius 2 is 1.87 bits per heavy atom. The summed E-state index contributed by atoms with van der Waals surface area (Å²) in [7, 11) is 0.0829. The highest BCUT2D eigenvalue weighted by molar-refractivity contribution is 7.85. The first-order valence-electron chi connectivity index (χ1n) is 7.54. The molecule has 0 aliphatic heterocycles. The number of methoxy groups -OCH3 is 1. The lowest BCUT2D eigenvalue weighted by Gasteiger charge is -2.22. The van der Waals surface area contributed by atoms with Crippen molar-refractivity contribution >= 4 is 16.8 Å². The fourth-order valence-corrected chi connectivity index (χ4v) is 3.98. The quantitative estimate of drug-likeness (QED) is 0.732. The molecule has 23 heavy (non-hydrogen) atoms. The average Bonchev–Trinajstić information content (AvgIpc) is 2.60. The summed E-state index contributed by atoms with van der Waals surface area (Å²) in [6.07, 6.45) is 2.51. The standard InChI is InChI=1S/C18H21NO3S/c1-14(12-18(20)22-2)16(13-15-8-4-3-5-9-15)23(21)17-10-6-7-11-19-17/h3-11,14,16H,12-13H2,1-2H3/t14-,16-,23?/m1/s1. The van der Waals surface area contributed by atoms with Gasteiger partial charge in [0.05, 0.1) is 17.9 Å². The second-order valence-electron chi connectivity index (χ2n) is 5.45. The Labute approximate surface area is 139 Å². The van der Waals surface area contributed by atoms with E-state index in [0.717, 1.165) is 5.56 Å². The molecule has 0 aliphatic carbocycles. The highest BCUT2D eigenvalue weighted by atomic mass is 32.2. The van der Waals surface area contributed by atoms with Crippen LogP contribution in [0, 0.1) is 5.92 Å². The molecule has 2 aromatic rings. The van der Waals surface area contributed by atoms with Gasteiger partial charge in [-0.2, -0.15) is 0 Å². The molecule has 1 aromatic heterocycles. The van der Waals surface area contributed by atoms with Gasteiger partial charge < -0.3 is 4.74 Å². The van der Waals surface area contributed by atoms with E-state index >= 15 is 0 Å². The van der Waals surface area contributed by atoms with Gasteiger partial charge in [0.1, 0.15) is 5.03 Å². The molecule has 5 heteroatoms. The average molecular weight is 331 g/mol. The fraction of sp³-hybridized carbons (Fsp3) is 0.333. The van der Waals surface area contributed by atoms with Gasteiger partial charge in [0.2, 0.25) is 0 Å². The van der Waals surface area contributed by atoms with Crippen LogP contribution in [0.4, 0.5) is 0 Å². The van der Waals surface area contributed by atoms with E-state index in [9.17, 15) is 9.00 Å². The number of rotatable bonds is 7. The molecular formula is C18H21NO3S. The maximum absolute atomic E-state index is 13.0. The van der Waals surface area contributed by atoms with E-state index in [1.54, 1.807) is 18.3 Å². The van der Waals surface area contributed by atoms with Crippen molar-refractivity contribution in [1.82, 2.24) is 4.98 Å². The van der Waals surface area contributed by atoms with E-state index in [2.05, 4.69) is 4.98 Å². The molecule has 0 saturated carbocycles. The van der Waals surface area contributed by atoms with E-state index in [1.807, 2.05) is 43.3 Å². The summed E-state index contributed by atoms with van der Waals surface area (Å²) in [5.74, 6) is -0.362. The van der Waals surface area contributed by atoms with Crippen LogP contribution in [0.3, 0.4) is 0 Å². The van der Waals surface area contributed by atoms with Crippen LogP contribution < -0.4 is 0 Å². The van der Waals surface area contributed by atoms with Crippen molar-refractivity contribution in [3.05, 3.63) is 60.3 Å². The van der Waals surface area contributed by atoms with Gasteiger partial charge >= 0.3 is 5.97 Å². The monoisotopic (exact) mass is 331 g/mol. The van der Waals surface area contributed by atoms with Gasteiger partial charge in [-0.3, -0.25) is 9.00 Å². The van der Waals surface area contributed by atoms with Gasteiger partial charge in [-0.1, -0.05) is 43.3 Å². The Balaban J connectivity index is 2.23. The van der Waals surface area contributed by atoms with Gasteiger partial charge in [-0.05, 0) is 30.0 Å². The Kier molecular flexibility index (Phi) is 6.47. The molecule has 3 atom stereocenters. The molecule has 0 bridgehead atoms. The maximum Gasteiger partial charge on any atom is 0.305 e. The van der Waals surface area contributed by atoms with Gasteiger partial charge in [0.25, 0.3) is 0 Å².